The second-order valence-electron chi connectivity index (χ2n) is 3.98. The standard InChI is InChI=1S/C12H15I3N2OS/c1-2-8(16)5-19-6-11(18)17-12-9(14)3-7(13)4-10(12)15/h3-4,8H,2,5-6,16H2,1H3,(H,17,18). The van der Waals surface area contributed by atoms with Crippen LogP contribution in [0.15, 0.2) is 12.1 Å². The second-order valence-corrected chi connectivity index (χ2v) is 8.58. The first kappa shape index (κ1) is 18.2. The van der Waals surface area contributed by atoms with Gasteiger partial charge in [-0.05, 0) is 86.3 Å². The minimum atomic E-state index is 0.0327. The molecule has 7 heteroatoms. The van der Waals surface area contributed by atoms with Crippen molar-refractivity contribution in [3.05, 3.63) is 22.8 Å². The molecule has 3 N–H and O–H groups in total. The summed E-state index contributed by atoms with van der Waals surface area (Å²) < 4.78 is 3.31. The molecule has 1 aromatic rings. The molecule has 1 unspecified atom stereocenters. The van der Waals surface area contributed by atoms with Crippen LogP contribution in [-0.4, -0.2) is 23.5 Å². The smallest absolute Gasteiger partial charge is 0.234 e. The Morgan fingerprint density at radius 1 is 1.37 bits per heavy atom. The molecular weight excluding hydrogens is 601 g/mol. The predicted molar refractivity (Wildman–Crippen MR) is 109 cm³/mol. The van der Waals surface area contributed by atoms with E-state index in [-0.39, 0.29) is 11.9 Å². The average Bonchev–Trinajstić information content (AvgIpc) is 2.33. The molecule has 0 bridgehead atoms. The Balaban J connectivity index is 2.53. The zero-order valence-electron chi connectivity index (χ0n) is 10.4. The predicted octanol–water partition coefficient (Wildman–Crippen LogP) is 3.91. The number of amides is 1. The van der Waals surface area contributed by atoms with Crippen molar-refractivity contribution < 1.29 is 4.79 Å². The highest BCUT2D eigenvalue weighted by atomic mass is 127. The van der Waals surface area contributed by atoms with Gasteiger partial charge in [-0.2, -0.15) is 11.8 Å². The highest BCUT2D eigenvalue weighted by Crippen LogP contribution is 2.27. The van der Waals surface area contributed by atoms with Crippen molar-refractivity contribution in [3.63, 3.8) is 0 Å². The molecule has 3 nitrogen and oxygen atoms in total. The fourth-order valence-electron chi connectivity index (χ4n) is 1.26. The number of nitrogens with one attached hydrogen (secondary N) is 1. The summed E-state index contributed by atoms with van der Waals surface area (Å²) in [5.41, 5.74) is 6.73. The van der Waals surface area contributed by atoms with E-state index in [1.807, 2.05) is 0 Å². The molecule has 0 heterocycles. The van der Waals surface area contributed by atoms with Gasteiger partial charge in [0, 0.05) is 22.5 Å². The minimum Gasteiger partial charge on any atom is -0.327 e. The van der Waals surface area contributed by atoms with Gasteiger partial charge in [-0.3, -0.25) is 4.79 Å². The van der Waals surface area contributed by atoms with Crippen molar-refractivity contribution in [2.75, 3.05) is 16.8 Å². The Hall–Kier alpha value is 1.19. The molecule has 1 rings (SSSR count). The van der Waals surface area contributed by atoms with Crippen LogP contribution in [0.2, 0.25) is 0 Å². The Labute approximate surface area is 159 Å². The van der Waals surface area contributed by atoms with E-state index in [0.29, 0.717) is 5.75 Å². The maximum Gasteiger partial charge on any atom is 0.234 e. The number of hydrogen-bond acceptors (Lipinski definition) is 3. The Kier molecular flexibility index (Phi) is 8.89. The number of rotatable bonds is 6. The molecule has 106 valence electrons. The van der Waals surface area contributed by atoms with Crippen LogP contribution >= 0.6 is 79.5 Å². The molecule has 0 aliphatic carbocycles. The zero-order chi connectivity index (χ0) is 14.4. The lowest BCUT2D eigenvalue weighted by Gasteiger charge is -2.11. The number of halogens is 3. The first-order valence-electron chi connectivity index (χ1n) is 5.71. The van der Waals surface area contributed by atoms with E-state index in [2.05, 4.69) is 92.1 Å². The van der Waals surface area contributed by atoms with Crippen molar-refractivity contribution in [2.45, 2.75) is 19.4 Å². The molecule has 0 aliphatic rings. The van der Waals surface area contributed by atoms with Gasteiger partial charge in [0.15, 0.2) is 0 Å². The van der Waals surface area contributed by atoms with E-state index in [9.17, 15) is 4.79 Å². The van der Waals surface area contributed by atoms with Gasteiger partial charge in [-0.1, -0.05) is 6.92 Å². The quantitative estimate of drug-likeness (QED) is 0.478. The molecule has 0 saturated heterocycles. The second kappa shape index (κ2) is 9.26. The lowest BCUT2D eigenvalue weighted by molar-refractivity contribution is -0.113. The van der Waals surface area contributed by atoms with Crippen molar-refractivity contribution in [1.29, 1.82) is 0 Å². The Bertz CT molecular complexity index is 434. The normalized spacial score (nSPS) is 12.3. The van der Waals surface area contributed by atoms with E-state index in [1.165, 1.54) is 3.57 Å². The Morgan fingerprint density at radius 2 is 1.95 bits per heavy atom. The molecular formula is C12H15I3N2OS. The van der Waals surface area contributed by atoms with Gasteiger partial charge >= 0.3 is 0 Å². The summed E-state index contributed by atoms with van der Waals surface area (Å²) in [6, 6.07) is 4.29. The van der Waals surface area contributed by atoms with Crippen molar-refractivity contribution in [3.8, 4) is 0 Å². The summed E-state index contributed by atoms with van der Waals surface area (Å²) in [6.07, 6.45) is 0.946. The maximum atomic E-state index is 11.9. The van der Waals surface area contributed by atoms with Crippen LogP contribution in [0.1, 0.15) is 13.3 Å². The van der Waals surface area contributed by atoms with Crippen molar-refractivity contribution >= 4 is 91.1 Å². The molecule has 1 aromatic carbocycles. The molecule has 0 fully saturated rings. The molecule has 0 radical (unpaired) electrons. The number of nitrogens with two attached hydrogens (primary N) is 1. The summed E-state index contributed by atoms with van der Waals surface area (Å²) >= 11 is 8.36. The topological polar surface area (TPSA) is 55.1 Å². The van der Waals surface area contributed by atoms with Gasteiger partial charge in [0.2, 0.25) is 5.91 Å². The molecule has 19 heavy (non-hydrogen) atoms. The van der Waals surface area contributed by atoms with Crippen LogP contribution in [0.4, 0.5) is 5.69 Å². The average molecular weight is 616 g/mol. The van der Waals surface area contributed by atoms with Crippen molar-refractivity contribution in [2.24, 2.45) is 5.73 Å². The first-order chi connectivity index (χ1) is 8.93. The molecule has 1 atom stereocenters. The summed E-state index contributed by atoms with van der Waals surface area (Å²) in [4.78, 5) is 11.9. The van der Waals surface area contributed by atoms with Crippen LogP contribution in [0.5, 0.6) is 0 Å². The van der Waals surface area contributed by atoms with Crippen molar-refractivity contribution in [1.82, 2.24) is 0 Å². The molecule has 0 aliphatic heterocycles. The van der Waals surface area contributed by atoms with Gasteiger partial charge < -0.3 is 11.1 Å². The van der Waals surface area contributed by atoms with Crippen LogP contribution in [0.3, 0.4) is 0 Å². The highest BCUT2D eigenvalue weighted by Gasteiger charge is 2.11. The fraction of sp³-hybridized carbons (Fsp3) is 0.417. The van der Waals surface area contributed by atoms with Gasteiger partial charge in [-0.25, -0.2) is 0 Å². The lowest BCUT2D eigenvalue weighted by Crippen LogP contribution is -2.23. The third-order valence-corrected chi connectivity index (χ3v) is 5.82. The largest absolute Gasteiger partial charge is 0.327 e. The number of thioether (sulfide) groups is 1. The van der Waals surface area contributed by atoms with Crippen LogP contribution < -0.4 is 11.1 Å². The maximum absolute atomic E-state index is 11.9. The number of carbonyl (C=O) groups is 1. The monoisotopic (exact) mass is 616 g/mol. The first-order valence-corrected chi connectivity index (χ1v) is 10.1. The molecule has 1 amide bonds. The van der Waals surface area contributed by atoms with Crippen LogP contribution in [-0.2, 0) is 4.79 Å². The van der Waals surface area contributed by atoms with Crippen LogP contribution in [0.25, 0.3) is 0 Å². The minimum absolute atomic E-state index is 0.0327. The zero-order valence-corrected chi connectivity index (χ0v) is 17.7. The van der Waals surface area contributed by atoms with E-state index in [4.69, 9.17) is 5.73 Å². The van der Waals surface area contributed by atoms with E-state index in [0.717, 1.165) is 25.0 Å². The summed E-state index contributed by atoms with van der Waals surface area (Å²) in [5.74, 6) is 1.31. The van der Waals surface area contributed by atoms with E-state index < -0.39 is 0 Å². The molecule has 0 aromatic heterocycles. The van der Waals surface area contributed by atoms with Gasteiger partial charge in [-0.15, -0.1) is 0 Å². The fourth-order valence-corrected chi connectivity index (χ4v) is 6.02. The van der Waals surface area contributed by atoms with Gasteiger partial charge in [0.05, 0.1) is 11.4 Å². The Morgan fingerprint density at radius 3 is 2.47 bits per heavy atom. The SMILES string of the molecule is CCC(N)CSCC(=O)Nc1c(I)cc(I)cc1I. The molecule has 0 spiro atoms. The summed E-state index contributed by atoms with van der Waals surface area (Å²) in [6.45, 7) is 2.06. The van der Waals surface area contributed by atoms with E-state index >= 15 is 0 Å². The van der Waals surface area contributed by atoms with Crippen LogP contribution in [0, 0.1) is 10.7 Å². The van der Waals surface area contributed by atoms with Gasteiger partial charge in [0.1, 0.15) is 0 Å². The number of carbonyl (C=O) groups excluding carboxylic acids is 1. The third kappa shape index (κ3) is 6.66. The highest BCUT2D eigenvalue weighted by molar-refractivity contribution is 14.1. The molecule has 0 saturated carbocycles. The summed E-state index contributed by atoms with van der Waals surface area (Å²) in [5, 5.41) is 2.98. The van der Waals surface area contributed by atoms with Gasteiger partial charge in [0.25, 0.3) is 0 Å². The number of benzene rings is 1. The summed E-state index contributed by atoms with van der Waals surface area (Å²) in [7, 11) is 0. The van der Waals surface area contributed by atoms with E-state index in [1.54, 1.807) is 11.8 Å². The number of hydrogen-bond donors (Lipinski definition) is 2. The lowest BCUT2D eigenvalue weighted by atomic mass is 10.3. The number of anilines is 1. The third-order valence-electron chi connectivity index (χ3n) is 2.36.